The van der Waals surface area contributed by atoms with Crippen molar-refractivity contribution in [3.8, 4) is 0 Å². The summed E-state index contributed by atoms with van der Waals surface area (Å²) in [6.45, 7) is 4.40. The molecule has 0 saturated carbocycles. The summed E-state index contributed by atoms with van der Waals surface area (Å²) >= 11 is -0.889. The molecule has 0 bridgehead atoms. The van der Waals surface area contributed by atoms with E-state index in [-0.39, 0.29) is 0 Å². The van der Waals surface area contributed by atoms with E-state index in [1.165, 1.54) is 36.8 Å². The summed E-state index contributed by atoms with van der Waals surface area (Å²) in [6.07, 6.45) is 4.97. The van der Waals surface area contributed by atoms with Crippen molar-refractivity contribution in [3.63, 3.8) is 0 Å². The molecular formula is C16H22Cl2Ta-2. The molecule has 0 aromatic heterocycles. The van der Waals surface area contributed by atoms with Gasteiger partial charge in [0.25, 0.3) is 0 Å². The van der Waals surface area contributed by atoms with Gasteiger partial charge < -0.3 is 0 Å². The van der Waals surface area contributed by atoms with E-state index in [0.29, 0.717) is 0 Å². The first kappa shape index (κ1) is 19.0. The van der Waals surface area contributed by atoms with Crippen molar-refractivity contribution in [2.45, 2.75) is 39.5 Å². The van der Waals surface area contributed by atoms with Crippen molar-refractivity contribution in [3.05, 3.63) is 59.7 Å². The molecule has 107 valence electrons. The number of aryl methyl sites for hydroxylation is 2. The Kier molecular flexibility index (Phi) is 14.4. The Morgan fingerprint density at radius 3 is 1.21 bits per heavy atom. The fourth-order valence-electron chi connectivity index (χ4n) is 1.74. The van der Waals surface area contributed by atoms with Gasteiger partial charge in [0.1, 0.15) is 0 Å². The molecule has 0 nitrogen and oxygen atoms in total. The third-order valence-corrected chi connectivity index (χ3v) is 2.54. The van der Waals surface area contributed by atoms with Crippen LogP contribution in [0.25, 0.3) is 0 Å². The quantitative estimate of drug-likeness (QED) is 0.479. The van der Waals surface area contributed by atoms with Crippen molar-refractivity contribution >= 4 is 18.4 Å². The molecule has 0 amide bonds. The molecule has 2 rings (SSSR count). The van der Waals surface area contributed by atoms with E-state index < -0.39 is 17.6 Å². The summed E-state index contributed by atoms with van der Waals surface area (Å²) in [6, 6.07) is 17.0. The van der Waals surface area contributed by atoms with Crippen LogP contribution in [0.2, 0.25) is 0 Å². The van der Waals surface area contributed by atoms with Gasteiger partial charge in [0, 0.05) is 0 Å². The van der Waals surface area contributed by atoms with Gasteiger partial charge in [-0.25, -0.2) is 24.3 Å². The third kappa shape index (κ3) is 11.5. The molecule has 19 heavy (non-hydrogen) atoms. The van der Waals surface area contributed by atoms with Crippen LogP contribution < -0.4 is 0 Å². The molecule has 2 aromatic carbocycles. The average Bonchev–Trinajstić information content (AvgIpc) is 3.05. The molecule has 0 fully saturated rings. The first-order valence-electron chi connectivity index (χ1n) is 6.61. The van der Waals surface area contributed by atoms with Crippen LogP contribution in [0, 0.1) is 0 Å². The molecule has 0 aliphatic heterocycles. The third-order valence-electron chi connectivity index (χ3n) is 2.54. The fourth-order valence-corrected chi connectivity index (χ4v) is 1.74. The maximum atomic E-state index is 4.94. The second kappa shape index (κ2) is 14.4. The molecule has 0 heterocycles. The minimum atomic E-state index is -0.889. The van der Waals surface area contributed by atoms with E-state index in [4.69, 9.17) is 18.4 Å². The summed E-state index contributed by atoms with van der Waals surface area (Å²) in [5.41, 5.74) is 2.93. The number of rotatable bonds is 4. The summed E-state index contributed by atoms with van der Waals surface area (Å²) in [5.74, 6) is 0. The molecule has 0 atom stereocenters. The van der Waals surface area contributed by atoms with Crippen LogP contribution in [0.15, 0.2) is 48.5 Å². The van der Waals surface area contributed by atoms with E-state index in [2.05, 4.69) is 62.4 Å². The predicted molar refractivity (Wildman–Crippen MR) is 83.8 cm³/mol. The van der Waals surface area contributed by atoms with E-state index >= 15 is 0 Å². The fraction of sp³-hybridized carbons (Fsp3) is 0.375. The van der Waals surface area contributed by atoms with Gasteiger partial charge in [-0.15, -0.1) is 0 Å². The van der Waals surface area contributed by atoms with Crippen LogP contribution in [0.3, 0.4) is 0 Å². The van der Waals surface area contributed by atoms with E-state index in [0.717, 1.165) is 0 Å². The summed E-state index contributed by atoms with van der Waals surface area (Å²) in [7, 11) is 9.89. The molecule has 0 N–H and O–H groups in total. The Bertz CT molecular complexity index is 316. The Hall–Kier alpha value is 0.0203. The molecule has 3 heteroatoms. The zero-order valence-corrected chi connectivity index (χ0v) is 16.4. The Labute approximate surface area is 134 Å². The summed E-state index contributed by atoms with van der Waals surface area (Å²) in [4.78, 5) is 0. The van der Waals surface area contributed by atoms with Gasteiger partial charge in [-0.05, 0) is 0 Å². The normalized spacial score (nSPS) is 8.84. The molecule has 0 saturated heterocycles. The van der Waals surface area contributed by atoms with Crippen LogP contribution in [-0.4, -0.2) is 0 Å². The number of halogens is 2. The van der Waals surface area contributed by atoms with Crippen molar-refractivity contribution in [2.75, 3.05) is 0 Å². The van der Waals surface area contributed by atoms with Crippen LogP contribution in [-0.2, 0) is 30.4 Å². The maximum absolute atomic E-state index is 4.94. The first-order valence-corrected chi connectivity index (χ1v) is 14.6. The van der Waals surface area contributed by atoms with Crippen LogP contribution >= 0.6 is 18.4 Å². The van der Waals surface area contributed by atoms with Crippen LogP contribution in [0.4, 0.5) is 0 Å². The van der Waals surface area contributed by atoms with Crippen molar-refractivity contribution in [2.24, 2.45) is 0 Å². The van der Waals surface area contributed by atoms with Gasteiger partial charge in [-0.2, -0.15) is 35.4 Å². The number of hydrogen-bond acceptors (Lipinski definition) is 0. The van der Waals surface area contributed by atoms with Gasteiger partial charge in [0.05, 0.1) is 0 Å². The minimum absolute atomic E-state index is 0.889. The van der Waals surface area contributed by atoms with Gasteiger partial charge in [0.2, 0.25) is 0 Å². The van der Waals surface area contributed by atoms with Gasteiger partial charge in [-0.3, -0.25) is 0 Å². The number of hydrogen-bond donors (Lipinski definition) is 0. The average molecular weight is 466 g/mol. The standard InChI is InChI=1S/2C8H11.2ClH.Ta/c2*1-2-5-8-6-3-4-7-8;;;/h2*3-4,6-7H,2,5H2,1H3;2*1H;/q2*-1;;;+2/p-2. The molecular weight excluding hydrogens is 444 g/mol. The summed E-state index contributed by atoms with van der Waals surface area (Å²) in [5, 5.41) is 0. The summed E-state index contributed by atoms with van der Waals surface area (Å²) < 4.78 is 0. The van der Waals surface area contributed by atoms with E-state index in [9.17, 15) is 0 Å². The van der Waals surface area contributed by atoms with Crippen molar-refractivity contribution in [1.29, 1.82) is 0 Å². The molecule has 2 aromatic rings. The molecule has 0 aliphatic rings. The second-order valence-electron chi connectivity index (χ2n) is 4.15. The van der Waals surface area contributed by atoms with Crippen LogP contribution in [0.5, 0.6) is 0 Å². The van der Waals surface area contributed by atoms with E-state index in [1.54, 1.807) is 0 Å². The molecule has 0 unspecified atom stereocenters. The van der Waals surface area contributed by atoms with E-state index in [1.807, 2.05) is 0 Å². The molecule has 0 radical (unpaired) electrons. The first-order chi connectivity index (χ1) is 9.28. The predicted octanol–water partition coefficient (Wildman–Crippen LogP) is 6.09. The Morgan fingerprint density at radius 2 is 1.00 bits per heavy atom. The van der Waals surface area contributed by atoms with Gasteiger partial charge in [-0.1, -0.05) is 39.5 Å². The Balaban J connectivity index is 0.000000284. The SMILES string of the molecule is CCC[c-]1cccc1.CCC[c-]1cccc1.[Cl][Ta][Cl]. The zero-order valence-electron chi connectivity index (χ0n) is 11.7. The van der Waals surface area contributed by atoms with Crippen molar-refractivity contribution < 1.29 is 17.6 Å². The van der Waals surface area contributed by atoms with Crippen LogP contribution in [0.1, 0.15) is 37.8 Å². The monoisotopic (exact) mass is 465 g/mol. The second-order valence-corrected chi connectivity index (χ2v) is 8.79. The van der Waals surface area contributed by atoms with Crippen molar-refractivity contribution in [1.82, 2.24) is 0 Å². The van der Waals surface area contributed by atoms with Gasteiger partial charge >= 0.3 is 36.0 Å². The molecule has 0 aliphatic carbocycles. The van der Waals surface area contributed by atoms with Gasteiger partial charge in [0.15, 0.2) is 0 Å². The molecule has 0 spiro atoms. The zero-order chi connectivity index (χ0) is 14.3. The topological polar surface area (TPSA) is 0 Å². The Morgan fingerprint density at radius 1 is 0.737 bits per heavy atom.